The first kappa shape index (κ1) is 19.0. The molecule has 0 aromatic heterocycles. The number of anilines is 1. The van der Waals surface area contributed by atoms with Gasteiger partial charge in [-0.2, -0.15) is 0 Å². The zero-order valence-electron chi connectivity index (χ0n) is 15.6. The molecule has 1 atom stereocenters. The van der Waals surface area contributed by atoms with Crippen LogP contribution in [-0.4, -0.2) is 23.3 Å². The lowest BCUT2D eigenvalue weighted by Crippen LogP contribution is -2.49. The molecule has 1 unspecified atom stereocenters. The molecule has 1 aliphatic rings. The third-order valence-corrected chi connectivity index (χ3v) is 4.62. The Labute approximate surface area is 157 Å². The number of hydrogen-bond acceptors (Lipinski definition) is 2. The van der Waals surface area contributed by atoms with E-state index >= 15 is 0 Å². The molecule has 2 amide bonds. The molecule has 0 saturated carbocycles. The average Bonchev–Trinajstić information content (AvgIpc) is 2.61. The lowest BCUT2D eigenvalue weighted by Gasteiger charge is -2.39. The van der Waals surface area contributed by atoms with Gasteiger partial charge in [0.15, 0.2) is 0 Å². The maximum atomic E-state index is 14.0. The minimum absolute atomic E-state index is 0.118. The van der Waals surface area contributed by atoms with Crippen molar-refractivity contribution in [2.75, 3.05) is 11.9 Å². The van der Waals surface area contributed by atoms with Gasteiger partial charge in [0.1, 0.15) is 17.7 Å². The second-order valence-electron chi connectivity index (χ2n) is 7.71. The van der Waals surface area contributed by atoms with E-state index in [1.807, 2.05) is 24.3 Å². The van der Waals surface area contributed by atoms with Crippen molar-refractivity contribution in [1.29, 1.82) is 0 Å². The smallest absolute Gasteiger partial charge is 0.251 e. The Balaban J connectivity index is 1.98. The van der Waals surface area contributed by atoms with E-state index in [2.05, 4.69) is 5.32 Å². The van der Waals surface area contributed by atoms with E-state index in [-0.39, 0.29) is 11.6 Å². The quantitative estimate of drug-likeness (QED) is 0.864. The highest BCUT2D eigenvalue weighted by Crippen LogP contribution is 2.34. The molecule has 0 bridgehead atoms. The number of nitrogens with one attached hydrogen (secondary N) is 1. The van der Waals surface area contributed by atoms with Crippen LogP contribution in [0.15, 0.2) is 42.5 Å². The predicted octanol–water partition coefficient (Wildman–Crippen LogP) is 4.08. The molecule has 0 spiro atoms. The van der Waals surface area contributed by atoms with Gasteiger partial charge in [0.25, 0.3) is 5.91 Å². The summed E-state index contributed by atoms with van der Waals surface area (Å²) in [5.41, 5.74) is 0.926. The number of hydrogen-bond donors (Lipinski definition) is 1. The fourth-order valence-corrected chi connectivity index (χ4v) is 3.29. The monoisotopic (exact) mass is 372 g/mol. The molecule has 1 aliphatic heterocycles. The molecule has 0 radical (unpaired) electrons. The Hall–Kier alpha value is -2.76. The molecule has 3 rings (SSSR count). The summed E-state index contributed by atoms with van der Waals surface area (Å²) in [5.74, 6) is -2.26. The number of fused-ring (bicyclic) bond motifs is 1. The van der Waals surface area contributed by atoms with Crippen molar-refractivity contribution in [3.05, 3.63) is 65.2 Å². The number of nitrogens with zero attached hydrogens (tertiary/aromatic N) is 1. The van der Waals surface area contributed by atoms with Crippen molar-refractivity contribution in [3.63, 3.8) is 0 Å². The largest absolute Gasteiger partial charge is 0.326 e. The predicted molar refractivity (Wildman–Crippen MR) is 99.0 cm³/mol. The Kier molecular flexibility index (Phi) is 5.00. The highest BCUT2D eigenvalue weighted by molar-refractivity contribution is 5.99. The molecule has 0 aliphatic carbocycles. The summed E-state index contributed by atoms with van der Waals surface area (Å²) in [6.07, 6.45) is 0.646. The summed E-state index contributed by atoms with van der Waals surface area (Å²) in [6, 6.07) is 9.51. The fraction of sp³-hybridized carbons (Fsp3) is 0.333. The summed E-state index contributed by atoms with van der Waals surface area (Å²) in [4.78, 5) is 27.5. The van der Waals surface area contributed by atoms with E-state index in [0.29, 0.717) is 19.0 Å². The van der Waals surface area contributed by atoms with E-state index in [4.69, 9.17) is 0 Å². The van der Waals surface area contributed by atoms with E-state index in [0.717, 1.165) is 17.2 Å². The van der Waals surface area contributed by atoms with E-state index in [1.54, 1.807) is 25.7 Å². The Morgan fingerprint density at radius 1 is 1.11 bits per heavy atom. The molecular formula is C21H22F2N2O2. The van der Waals surface area contributed by atoms with Gasteiger partial charge in [-0.3, -0.25) is 9.59 Å². The Morgan fingerprint density at radius 2 is 1.81 bits per heavy atom. The second kappa shape index (κ2) is 7.10. The lowest BCUT2D eigenvalue weighted by atomic mass is 9.87. The maximum Gasteiger partial charge on any atom is 0.251 e. The van der Waals surface area contributed by atoms with Gasteiger partial charge in [0, 0.05) is 18.0 Å². The minimum Gasteiger partial charge on any atom is -0.326 e. The van der Waals surface area contributed by atoms with Crippen LogP contribution in [0, 0.1) is 17.0 Å². The molecule has 0 saturated heterocycles. The van der Waals surface area contributed by atoms with Gasteiger partial charge in [-0.05, 0) is 29.7 Å². The fourth-order valence-electron chi connectivity index (χ4n) is 3.29. The van der Waals surface area contributed by atoms with Gasteiger partial charge < -0.3 is 10.2 Å². The SMILES string of the molecule is CC(C)(C)C(=O)N1CCc2ccccc2C1C(=O)Nc1ccc(F)cc1F. The molecule has 1 N–H and O–H groups in total. The average molecular weight is 372 g/mol. The maximum absolute atomic E-state index is 14.0. The van der Waals surface area contributed by atoms with Gasteiger partial charge >= 0.3 is 0 Å². The van der Waals surface area contributed by atoms with Crippen molar-refractivity contribution in [3.8, 4) is 0 Å². The van der Waals surface area contributed by atoms with Crippen molar-refractivity contribution >= 4 is 17.5 Å². The summed E-state index contributed by atoms with van der Waals surface area (Å²) in [7, 11) is 0. The van der Waals surface area contributed by atoms with Crippen LogP contribution < -0.4 is 5.32 Å². The van der Waals surface area contributed by atoms with Crippen LogP contribution in [0.5, 0.6) is 0 Å². The Morgan fingerprint density at radius 3 is 2.48 bits per heavy atom. The van der Waals surface area contributed by atoms with E-state index in [9.17, 15) is 18.4 Å². The molecular weight excluding hydrogens is 350 g/mol. The summed E-state index contributed by atoms with van der Waals surface area (Å²) in [6.45, 7) is 5.79. The van der Waals surface area contributed by atoms with Crippen molar-refractivity contribution in [2.24, 2.45) is 5.41 Å². The van der Waals surface area contributed by atoms with Gasteiger partial charge in [-0.1, -0.05) is 45.0 Å². The molecule has 142 valence electrons. The first-order valence-electron chi connectivity index (χ1n) is 8.83. The van der Waals surface area contributed by atoms with Crippen LogP contribution in [0.4, 0.5) is 14.5 Å². The van der Waals surface area contributed by atoms with Crippen LogP contribution in [0.25, 0.3) is 0 Å². The van der Waals surface area contributed by atoms with Crippen LogP contribution >= 0.6 is 0 Å². The minimum atomic E-state index is -0.869. The van der Waals surface area contributed by atoms with Crippen LogP contribution in [0.3, 0.4) is 0 Å². The zero-order valence-corrected chi connectivity index (χ0v) is 15.6. The van der Waals surface area contributed by atoms with Crippen LogP contribution in [0.2, 0.25) is 0 Å². The van der Waals surface area contributed by atoms with Crippen molar-refractivity contribution in [1.82, 2.24) is 4.90 Å². The first-order valence-corrected chi connectivity index (χ1v) is 8.83. The zero-order chi connectivity index (χ0) is 19.8. The summed E-state index contributed by atoms with van der Waals surface area (Å²) in [5, 5.41) is 2.51. The standard InChI is InChI=1S/C21H22F2N2O2/c1-21(2,3)20(27)25-11-10-13-6-4-5-7-15(13)18(25)19(26)24-17-9-8-14(22)12-16(17)23/h4-9,12,18H,10-11H2,1-3H3,(H,24,26). The lowest BCUT2D eigenvalue weighted by molar-refractivity contribution is -0.146. The van der Waals surface area contributed by atoms with Gasteiger partial charge in [-0.15, -0.1) is 0 Å². The normalized spacial score (nSPS) is 16.6. The number of benzene rings is 2. The molecule has 2 aromatic carbocycles. The number of rotatable bonds is 2. The number of halogens is 2. The van der Waals surface area contributed by atoms with E-state index < -0.39 is 29.0 Å². The van der Waals surface area contributed by atoms with E-state index in [1.165, 1.54) is 6.07 Å². The molecule has 6 heteroatoms. The summed E-state index contributed by atoms with van der Waals surface area (Å²) >= 11 is 0. The van der Waals surface area contributed by atoms with Gasteiger partial charge in [-0.25, -0.2) is 8.78 Å². The number of carbonyl (C=O) groups excluding carboxylic acids is 2. The third kappa shape index (κ3) is 3.84. The van der Waals surface area contributed by atoms with Crippen LogP contribution in [-0.2, 0) is 16.0 Å². The molecule has 2 aromatic rings. The number of amides is 2. The van der Waals surface area contributed by atoms with Gasteiger partial charge in [0.05, 0.1) is 5.69 Å². The molecule has 1 heterocycles. The van der Waals surface area contributed by atoms with Crippen LogP contribution in [0.1, 0.15) is 37.9 Å². The first-order chi connectivity index (χ1) is 12.7. The number of carbonyl (C=O) groups is 2. The molecule has 0 fully saturated rings. The highest BCUT2D eigenvalue weighted by atomic mass is 19.1. The van der Waals surface area contributed by atoms with Crippen molar-refractivity contribution in [2.45, 2.75) is 33.2 Å². The molecule has 4 nitrogen and oxygen atoms in total. The Bertz CT molecular complexity index is 890. The molecule has 27 heavy (non-hydrogen) atoms. The topological polar surface area (TPSA) is 49.4 Å². The second-order valence-corrected chi connectivity index (χ2v) is 7.71. The summed E-state index contributed by atoms with van der Waals surface area (Å²) < 4.78 is 27.1. The third-order valence-electron chi connectivity index (χ3n) is 4.62. The van der Waals surface area contributed by atoms with Gasteiger partial charge in [0.2, 0.25) is 5.91 Å². The van der Waals surface area contributed by atoms with Crippen molar-refractivity contribution < 1.29 is 18.4 Å². The highest BCUT2D eigenvalue weighted by Gasteiger charge is 2.39.